The van der Waals surface area contributed by atoms with Crippen molar-refractivity contribution in [1.29, 1.82) is 0 Å². The Kier molecular flexibility index (Phi) is 5.65. The minimum Gasteiger partial charge on any atom is -0.480 e. The van der Waals surface area contributed by atoms with Crippen LogP contribution >= 0.6 is 0 Å². The van der Waals surface area contributed by atoms with Crippen molar-refractivity contribution in [3.8, 4) is 17.6 Å². The van der Waals surface area contributed by atoms with E-state index in [-0.39, 0.29) is 11.3 Å². The zero-order chi connectivity index (χ0) is 16.7. The third-order valence-corrected chi connectivity index (χ3v) is 3.24. The largest absolute Gasteiger partial charge is 0.480 e. The Hall–Kier alpha value is -2.47. The van der Waals surface area contributed by atoms with E-state index in [1.807, 2.05) is 51.1 Å². The van der Waals surface area contributed by atoms with Gasteiger partial charge in [0, 0.05) is 11.8 Å². The van der Waals surface area contributed by atoms with Crippen LogP contribution in [0.5, 0.6) is 5.75 Å². The molecule has 0 saturated carbocycles. The van der Waals surface area contributed by atoms with Gasteiger partial charge in [0.25, 0.3) is 0 Å². The Labute approximate surface area is 138 Å². The Morgan fingerprint density at radius 2 is 1.83 bits per heavy atom. The molecule has 0 aromatic heterocycles. The zero-order valence-electron chi connectivity index (χ0n) is 14.0. The molecule has 1 N–H and O–H groups in total. The highest BCUT2D eigenvalue weighted by atomic mass is 16.5. The first-order chi connectivity index (χ1) is 11.0. The van der Waals surface area contributed by atoms with Crippen LogP contribution in [0.2, 0.25) is 0 Å². The summed E-state index contributed by atoms with van der Waals surface area (Å²) in [5.41, 5.74) is -0.00497. The predicted molar refractivity (Wildman–Crippen MR) is 94.3 cm³/mol. The molecule has 120 valence electrons. The molecule has 3 nitrogen and oxygen atoms in total. The van der Waals surface area contributed by atoms with E-state index in [1.165, 1.54) is 0 Å². The molecule has 2 aromatic carbocycles. The molecular weight excluding hydrogens is 286 g/mol. The van der Waals surface area contributed by atoms with Crippen molar-refractivity contribution in [3.05, 3.63) is 42.5 Å². The van der Waals surface area contributed by atoms with Crippen LogP contribution in [-0.2, 0) is 4.79 Å². The standard InChI is InChI=1S/C20H23NO2/c1-20(2,3)15-19(22)21-13-6-7-14-23-18-12-8-10-16-9-4-5-11-17(16)18/h4-5,8-12H,13-15H2,1-3H3,(H,21,22). The van der Waals surface area contributed by atoms with Crippen LogP contribution in [0.1, 0.15) is 27.2 Å². The highest BCUT2D eigenvalue weighted by Crippen LogP contribution is 2.24. The first-order valence-electron chi connectivity index (χ1n) is 7.79. The molecule has 1 amide bonds. The normalized spacial score (nSPS) is 10.7. The summed E-state index contributed by atoms with van der Waals surface area (Å²) in [5.74, 6) is 6.70. The molecule has 3 heteroatoms. The SMILES string of the molecule is CC(C)(C)CC(=O)NCC#CCOc1cccc2ccccc12. The fraction of sp³-hybridized carbons (Fsp3) is 0.350. The summed E-state index contributed by atoms with van der Waals surface area (Å²) >= 11 is 0. The van der Waals surface area contributed by atoms with Gasteiger partial charge in [-0.1, -0.05) is 69.0 Å². The summed E-state index contributed by atoms with van der Waals surface area (Å²) < 4.78 is 5.72. The first-order valence-corrected chi connectivity index (χ1v) is 7.79. The van der Waals surface area contributed by atoms with E-state index in [4.69, 9.17) is 4.74 Å². The lowest BCUT2D eigenvalue weighted by Gasteiger charge is -2.16. The molecular formula is C20H23NO2. The number of rotatable bonds is 4. The number of amides is 1. The summed E-state index contributed by atoms with van der Waals surface area (Å²) in [6.07, 6.45) is 0.501. The van der Waals surface area contributed by atoms with E-state index in [0.717, 1.165) is 16.5 Å². The van der Waals surface area contributed by atoms with Gasteiger partial charge >= 0.3 is 0 Å². The maximum atomic E-state index is 11.6. The van der Waals surface area contributed by atoms with Crippen LogP contribution < -0.4 is 10.1 Å². The van der Waals surface area contributed by atoms with Crippen LogP contribution in [0.4, 0.5) is 0 Å². The lowest BCUT2D eigenvalue weighted by atomic mass is 9.92. The van der Waals surface area contributed by atoms with Crippen molar-refractivity contribution in [1.82, 2.24) is 5.32 Å². The van der Waals surface area contributed by atoms with Gasteiger partial charge < -0.3 is 10.1 Å². The van der Waals surface area contributed by atoms with Gasteiger partial charge in [0.15, 0.2) is 0 Å². The Balaban J connectivity index is 1.80. The van der Waals surface area contributed by atoms with E-state index < -0.39 is 0 Å². The number of hydrogen-bond donors (Lipinski definition) is 1. The maximum Gasteiger partial charge on any atom is 0.221 e. The summed E-state index contributed by atoms with van der Waals surface area (Å²) in [6.45, 7) is 6.78. The van der Waals surface area contributed by atoms with E-state index in [2.05, 4.69) is 29.3 Å². The minimum atomic E-state index is -0.00497. The second kappa shape index (κ2) is 7.69. The summed E-state index contributed by atoms with van der Waals surface area (Å²) in [7, 11) is 0. The molecule has 2 aromatic rings. The summed E-state index contributed by atoms with van der Waals surface area (Å²) in [6, 6.07) is 14.0. The molecule has 0 atom stereocenters. The molecule has 0 radical (unpaired) electrons. The lowest BCUT2D eigenvalue weighted by molar-refractivity contribution is -0.122. The number of carbonyl (C=O) groups excluding carboxylic acids is 1. The van der Waals surface area contributed by atoms with Gasteiger partial charge in [0.05, 0.1) is 6.54 Å². The van der Waals surface area contributed by atoms with Crippen molar-refractivity contribution < 1.29 is 9.53 Å². The van der Waals surface area contributed by atoms with Crippen molar-refractivity contribution in [3.63, 3.8) is 0 Å². The topological polar surface area (TPSA) is 38.3 Å². The number of fused-ring (bicyclic) bond motifs is 1. The first kappa shape index (κ1) is 16.9. The molecule has 0 aliphatic heterocycles. The average Bonchev–Trinajstić information content (AvgIpc) is 2.49. The van der Waals surface area contributed by atoms with E-state index in [0.29, 0.717) is 19.6 Å². The van der Waals surface area contributed by atoms with Crippen LogP contribution in [0, 0.1) is 17.3 Å². The molecule has 0 aliphatic carbocycles. The van der Waals surface area contributed by atoms with Crippen molar-refractivity contribution in [2.45, 2.75) is 27.2 Å². The Bertz CT molecular complexity index is 727. The lowest BCUT2D eigenvalue weighted by Crippen LogP contribution is -2.27. The Morgan fingerprint density at radius 1 is 1.09 bits per heavy atom. The fourth-order valence-electron chi connectivity index (χ4n) is 2.24. The van der Waals surface area contributed by atoms with Crippen molar-refractivity contribution in [2.75, 3.05) is 13.2 Å². The van der Waals surface area contributed by atoms with Gasteiger partial charge in [-0.2, -0.15) is 0 Å². The predicted octanol–water partition coefficient (Wildman–Crippen LogP) is 3.77. The molecule has 0 saturated heterocycles. The fourth-order valence-corrected chi connectivity index (χ4v) is 2.24. The number of benzene rings is 2. The molecule has 2 rings (SSSR count). The molecule has 0 bridgehead atoms. The highest BCUT2D eigenvalue weighted by Gasteiger charge is 2.14. The summed E-state index contributed by atoms with van der Waals surface area (Å²) in [4.78, 5) is 11.6. The van der Waals surface area contributed by atoms with Gasteiger partial charge in [-0.15, -0.1) is 0 Å². The van der Waals surface area contributed by atoms with Gasteiger partial charge in [0.2, 0.25) is 5.91 Å². The number of ether oxygens (including phenoxy) is 1. The monoisotopic (exact) mass is 309 g/mol. The second-order valence-electron chi connectivity index (χ2n) is 6.63. The van der Waals surface area contributed by atoms with E-state index in [9.17, 15) is 4.79 Å². The minimum absolute atomic E-state index is 0.00497. The third kappa shape index (κ3) is 5.67. The quantitative estimate of drug-likeness (QED) is 0.873. The number of carbonyl (C=O) groups is 1. The maximum absolute atomic E-state index is 11.6. The van der Waals surface area contributed by atoms with E-state index >= 15 is 0 Å². The van der Waals surface area contributed by atoms with Gasteiger partial charge in [-0.25, -0.2) is 0 Å². The molecule has 0 spiro atoms. The number of nitrogens with one attached hydrogen (secondary N) is 1. The number of hydrogen-bond acceptors (Lipinski definition) is 2. The van der Waals surface area contributed by atoms with Gasteiger partial charge in [-0.05, 0) is 16.9 Å². The van der Waals surface area contributed by atoms with Crippen molar-refractivity contribution >= 4 is 16.7 Å². The van der Waals surface area contributed by atoms with E-state index in [1.54, 1.807) is 0 Å². The zero-order valence-corrected chi connectivity index (χ0v) is 14.0. The third-order valence-electron chi connectivity index (χ3n) is 3.24. The average molecular weight is 309 g/mol. The smallest absolute Gasteiger partial charge is 0.221 e. The van der Waals surface area contributed by atoms with Crippen LogP contribution in [0.15, 0.2) is 42.5 Å². The van der Waals surface area contributed by atoms with Crippen molar-refractivity contribution in [2.24, 2.45) is 5.41 Å². The molecule has 0 heterocycles. The molecule has 23 heavy (non-hydrogen) atoms. The summed E-state index contributed by atoms with van der Waals surface area (Å²) in [5, 5.41) is 5.02. The van der Waals surface area contributed by atoms with Crippen LogP contribution in [0.25, 0.3) is 10.8 Å². The molecule has 0 fully saturated rings. The highest BCUT2D eigenvalue weighted by molar-refractivity contribution is 5.88. The molecule has 0 aliphatic rings. The van der Waals surface area contributed by atoms with Crippen LogP contribution in [0.3, 0.4) is 0 Å². The van der Waals surface area contributed by atoms with Crippen LogP contribution in [-0.4, -0.2) is 19.1 Å². The Morgan fingerprint density at radius 3 is 2.61 bits per heavy atom. The van der Waals surface area contributed by atoms with Gasteiger partial charge in [-0.3, -0.25) is 4.79 Å². The van der Waals surface area contributed by atoms with Gasteiger partial charge in [0.1, 0.15) is 12.4 Å². The second-order valence-corrected chi connectivity index (χ2v) is 6.63. The molecule has 0 unspecified atom stereocenters.